The zero-order valence-corrected chi connectivity index (χ0v) is 19.8. The molecule has 34 heavy (non-hydrogen) atoms. The number of pyridine rings is 1. The summed E-state index contributed by atoms with van der Waals surface area (Å²) in [4.78, 5) is 6.44. The average molecular weight is 481 g/mol. The van der Waals surface area contributed by atoms with Crippen LogP contribution in [0.5, 0.6) is 0 Å². The quantitative estimate of drug-likeness (QED) is 0.252. The van der Waals surface area contributed by atoms with Gasteiger partial charge in [0.25, 0.3) is 10.0 Å². The third-order valence-corrected chi connectivity index (χ3v) is 7.48. The van der Waals surface area contributed by atoms with Crippen molar-refractivity contribution >= 4 is 20.9 Å². The molecule has 0 saturated carbocycles. The minimum absolute atomic E-state index is 0.241. The second-order valence-corrected chi connectivity index (χ2v) is 10.1. The second-order valence-electron chi connectivity index (χ2n) is 8.30. The summed E-state index contributed by atoms with van der Waals surface area (Å²) in [5.74, 6) is -0.508. The minimum atomic E-state index is -3.75. The molecule has 0 aliphatic heterocycles. The lowest BCUT2D eigenvalue weighted by Gasteiger charge is -2.22. The van der Waals surface area contributed by atoms with Crippen LogP contribution in [0.3, 0.4) is 0 Å². The van der Waals surface area contributed by atoms with Crippen molar-refractivity contribution in [3.05, 3.63) is 96.2 Å². The summed E-state index contributed by atoms with van der Waals surface area (Å²) in [5, 5.41) is 0.876. The van der Waals surface area contributed by atoms with Gasteiger partial charge in [-0.25, -0.2) is 17.4 Å². The molecular weight excluding hydrogens is 451 g/mol. The third-order valence-electron chi connectivity index (χ3n) is 5.79. The van der Waals surface area contributed by atoms with Gasteiger partial charge in [0, 0.05) is 24.7 Å². The smallest absolute Gasteiger partial charge is 0.268 e. The highest BCUT2D eigenvalue weighted by Gasteiger charge is 2.22. The fourth-order valence-electron chi connectivity index (χ4n) is 4.13. The summed E-state index contributed by atoms with van der Waals surface area (Å²) in [5.41, 5.74) is 7.80. The van der Waals surface area contributed by atoms with Crippen LogP contribution in [-0.2, 0) is 23.1 Å². The van der Waals surface area contributed by atoms with Crippen LogP contribution in [-0.4, -0.2) is 35.4 Å². The van der Waals surface area contributed by atoms with Gasteiger partial charge in [-0.1, -0.05) is 48.9 Å². The van der Waals surface area contributed by atoms with Crippen molar-refractivity contribution in [2.45, 2.75) is 37.2 Å². The van der Waals surface area contributed by atoms with Crippen LogP contribution in [0.25, 0.3) is 10.9 Å². The van der Waals surface area contributed by atoms with E-state index in [1.807, 2.05) is 24.3 Å². The molecule has 0 spiro atoms. The number of benzene rings is 2. The first-order valence-electron chi connectivity index (χ1n) is 11.4. The Morgan fingerprint density at radius 3 is 2.41 bits per heavy atom. The predicted molar refractivity (Wildman–Crippen MR) is 132 cm³/mol. The highest BCUT2D eigenvalue weighted by atomic mass is 32.2. The number of fused-ring (bicyclic) bond motifs is 1. The van der Waals surface area contributed by atoms with Gasteiger partial charge in [-0.2, -0.15) is 4.39 Å². The standard InChI is InChI=1S/C26H29FN4O2S/c27-26-15-9-10-22(29-26)20-30(17-8-2-7-16-28)18-21-19-31(25-14-6-5-13-24(21)25)34(32,33)23-11-3-1-4-12-23/h1,3-6,9-15,19H,2,7-8,16-18,20,28H2. The number of hydrogen-bond donors (Lipinski definition) is 1. The average Bonchev–Trinajstić information content (AvgIpc) is 3.21. The first-order valence-corrected chi connectivity index (χ1v) is 12.9. The van der Waals surface area contributed by atoms with Crippen molar-refractivity contribution in [1.82, 2.24) is 13.9 Å². The van der Waals surface area contributed by atoms with Crippen LogP contribution >= 0.6 is 0 Å². The molecule has 0 atom stereocenters. The molecule has 2 N–H and O–H groups in total. The number of rotatable bonds is 11. The number of unbranched alkanes of at least 4 members (excludes halogenated alkanes) is 2. The van der Waals surface area contributed by atoms with Crippen LogP contribution in [0.4, 0.5) is 4.39 Å². The first-order chi connectivity index (χ1) is 16.5. The van der Waals surface area contributed by atoms with E-state index in [0.29, 0.717) is 30.8 Å². The molecule has 4 rings (SSSR count). The van der Waals surface area contributed by atoms with Gasteiger partial charge in [-0.3, -0.25) is 4.90 Å². The Hall–Kier alpha value is -3.07. The van der Waals surface area contributed by atoms with E-state index < -0.39 is 16.0 Å². The molecule has 0 aliphatic rings. The van der Waals surface area contributed by atoms with Gasteiger partial charge in [-0.15, -0.1) is 0 Å². The van der Waals surface area contributed by atoms with Crippen molar-refractivity contribution < 1.29 is 12.8 Å². The van der Waals surface area contributed by atoms with Gasteiger partial charge in [0.1, 0.15) is 0 Å². The first kappa shape index (κ1) is 24.1. The van der Waals surface area contributed by atoms with Crippen molar-refractivity contribution in [1.29, 1.82) is 0 Å². The Bertz CT molecular complexity index is 1340. The fraction of sp³-hybridized carbons (Fsp3) is 0.269. The van der Waals surface area contributed by atoms with Crippen LogP contribution in [0.1, 0.15) is 30.5 Å². The monoisotopic (exact) mass is 480 g/mol. The maximum atomic E-state index is 13.7. The Balaban J connectivity index is 1.67. The SMILES string of the molecule is NCCCCCN(Cc1cccc(F)n1)Cc1cn(S(=O)(=O)c2ccccc2)c2ccccc12. The minimum Gasteiger partial charge on any atom is -0.330 e. The Morgan fingerprint density at radius 1 is 0.882 bits per heavy atom. The Labute approximate surface area is 199 Å². The maximum Gasteiger partial charge on any atom is 0.268 e. The van der Waals surface area contributed by atoms with Crippen molar-refractivity contribution in [2.75, 3.05) is 13.1 Å². The number of para-hydroxylation sites is 1. The van der Waals surface area contributed by atoms with Gasteiger partial charge in [0.05, 0.1) is 16.1 Å². The predicted octanol–water partition coefficient (Wildman–Crippen LogP) is 4.54. The molecule has 2 aromatic heterocycles. The summed E-state index contributed by atoms with van der Waals surface area (Å²) < 4.78 is 41.9. The third kappa shape index (κ3) is 5.52. The Kier molecular flexibility index (Phi) is 7.72. The van der Waals surface area contributed by atoms with Gasteiger partial charge in [-0.05, 0) is 61.8 Å². The summed E-state index contributed by atoms with van der Waals surface area (Å²) in [6.07, 6.45) is 4.58. The molecule has 2 heterocycles. The van der Waals surface area contributed by atoms with E-state index in [2.05, 4.69) is 9.88 Å². The lowest BCUT2D eigenvalue weighted by Crippen LogP contribution is -2.25. The topological polar surface area (TPSA) is 81.2 Å². The zero-order valence-electron chi connectivity index (χ0n) is 19.0. The van der Waals surface area contributed by atoms with Gasteiger partial charge in [0.2, 0.25) is 5.95 Å². The van der Waals surface area contributed by atoms with Crippen LogP contribution in [0.2, 0.25) is 0 Å². The molecule has 178 valence electrons. The van der Waals surface area contributed by atoms with Gasteiger partial charge < -0.3 is 5.73 Å². The van der Waals surface area contributed by atoms with E-state index in [1.54, 1.807) is 48.7 Å². The number of halogens is 1. The molecule has 0 saturated heterocycles. The summed E-state index contributed by atoms with van der Waals surface area (Å²) in [7, 11) is -3.75. The summed E-state index contributed by atoms with van der Waals surface area (Å²) in [6.45, 7) is 2.39. The number of hydrogen-bond acceptors (Lipinski definition) is 5. The van der Waals surface area contributed by atoms with Gasteiger partial charge >= 0.3 is 0 Å². The highest BCUT2D eigenvalue weighted by molar-refractivity contribution is 7.90. The van der Waals surface area contributed by atoms with Crippen molar-refractivity contribution in [2.24, 2.45) is 5.73 Å². The summed E-state index contributed by atoms with van der Waals surface area (Å²) >= 11 is 0. The van der Waals surface area contributed by atoms with Crippen molar-refractivity contribution in [3.63, 3.8) is 0 Å². The lowest BCUT2D eigenvalue weighted by atomic mass is 10.1. The molecule has 0 fully saturated rings. The Morgan fingerprint density at radius 2 is 1.65 bits per heavy atom. The van der Waals surface area contributed by atoms with Crippen LogP contribution < -0.4 is 5.73 Å². The number of aromatic nitrogens is 2. The summed E-state index contributed by atoms with van der Waals surface area (Å²) in [6, 6.07) is 20.7. The van der Waals surface area contributed by atoms with E-state index in [1.165, 1.54) is 10.0 Å². The molecule has 0 aliphatic carbocycles. The largest absolute Gasteiger partial charge is 0.330 e. The highest BCUT2D eigenvalue weighted by Crippen LogP contribution is 2.27. The van der Waals surface area contributed by atoms with Crippen molar-refractivity contribution in [3.8, 4) is 0 Å². The maximum absolute atomic E-state index is 13.7. The molecule has 8 heteroatoms. The molecule has 6 nitrogen and oxygen atoms in total. The van der Waals surface area contributed by atoms with Crippen LogP contribution in [0, 0.1) is 5.95 Å². The molecular formula is C26H29FN4O2S. The zero-order chi connectivity index (χ0) is 24.0. The molecule has 0 radical (unpaired) electrons. The lowest BCUT2D eigenvalue weighted by molar-refractivity contribution is 0.247. The molecule has 4 aromatic rings. The van der Waals surface area contributed by atoms with E-state index in [-0.39, 0.29) is 4.90 Å². The molecule has 0 bridgehead atoms. The molecule has 2 aromatic carbocycles. The van der Waals surface area contributed by atoms with E-state index in [4.69, 9.17) is 5.73 Å². The normalized spacial score (nSPS) is 12.0. The van der Waals surface area contributed by atoms with E-state index in [0.717, 1.165) is 36.8 Å². The molecule has 0 unspecified atom stereocenters. The van der Waals surface area contributed by atoms with Gasteiger partial charge in [0.15, 0.2) is 0 Å². The number of nitrogens with two attached hydrogens (primary N) is 1. The fourth-order valence-corrected chi connectivity index (χ4v) is 5.54. The molecule has 0 amide bonds. The van der Waals surface area contributed by atoms with E-state index >= 15 is 0 Å². The van der Waals surface area contributed by atoms with E-state index in [9.17, 15) is 12.8 Å². The number of nitrogens with zero attached hydrogens (tertiary/aromatic N) is 3. The second kappa shape index (κ2) is 10.9. The van der Waals surface area contributed by atoms with Crippen LogP contribution in [0.15, 0.2) is 83.9 Å².